The van der Waals surface area contributed by atoms with Gasteiger partial charge in [-0.05, 0) is 38.7 Å². The molecule has 0 spiro atoms. The summed E-state index contributed by atoms with van der Waals surface area (Å²) >= 11 is 0. The van der Waals surface area contributed by atoms with Gasteiger partial charge >= 0.3 is 0 Å². The van der Waals surface area contributed by atoms with E-state index in [-0.39, 0.29) is 0 Å². The van der Waals surface area contributed by atoms with Gasteiger partial charge in [0.25, 0.3) is 0 Å². The van der Waals surface area contributed by atoms with E-state index < -0.39 is 0 Å². The molecule has 1 nitrogen and oxygen atoms in total. The van der Waals surface area contributed by atoms with Crippen LogP contribution in [-0.2, 0) is 0 Å². The summed E-state index contributed by atoms with van der Waals surface area (Å²) in [5, 5.41) is 0. The predicted molar refractivity (Wildman–Crippen MR) is 65.8 cm³/mol. The molecule has 0 saturated heterocycles. The van der Waals surface area contributed by atoms with Crippen LogP contribution in [0.2, 0.25) is 0 Å². The molecular formula is C13H23N. The summed E-state index contributed by atoms with van der Waals surface area (Å²) in [4.78, 5) is 4.50. The monoisotopic (exact) mass is 193 g/mol. The second-order valence-corrected chi connectivity index (χ2v) is 4.17. The SMILES string of the molecule is C=C(CC)/C(=C(/C)N=C(C)C)C(C)C. The van der Waals surface area contributed by atoms with Gasteiger partial charge in [-0.15, -0.1) is 0 Å². The second-order valence-electron chi connectivity index (χ2n) is 4.17. The third-order valence-corrected chi connectivity index (χ3v) is 2.17. The Bertz CT molecular complexity index is 263. The highest BCUT2D eigenvalue weighted by molar-refractivity contribution is 5.80. The van der Waals surface area contributed by atoms with E-state index >= 15 is 0 Å². The molecular weight excluding hydrogens is 170 g/mol. The minimum Gasteiger partial charge on any atom is -0.263 e. The van der Waals surface area contributed by atoms with Gasteiger partial charge in [0.05, 0.1) is 0 Å². The summed E-state index contributed by atoms with van der Waals surface area (Å²) in [6.07, 6.45) is 1.00. The van der Waals surface area contributed by atoms with Gasteiger partial charge in [-0.3, -0.25) is 4.99 Å². The average Bonchev–Trinajstić information content (AvgIpc) is 2.01. The van der Waals surface area contributed by atoms with Crippen molar-refractivity contribution in [3.05, 3.63) is 23.4 Å². The zero-order valence-corrected chi connectivity index (χ0v) is 10.4. The van der Waals surface area contributed by atoms with Crippen molar-refractivity contribution < 1.29 is 0 Å². The van der Waals surface area contributed by atoms with Gasteiger partial charge < -0.3 is 0 Å². The lowest BCUT2D eigenvalue weighted by atomic mass is 9.93. The molecule has 0 N–H and O–H groups in total. The Balaban J connectivity index is 5.16. The molecule has 0 aromatic heterocycles. The van der Waals surface area contributed by atoms with E-state index in [9.17, 15) is 0 Å². The van der Waals surface area contributed by atoms with E-state index in [0.717, 1.165) is 17.8 Å². The quantitative estimate of drug-likeness (QED) is 0.464. The lowest BCUT2D eigenvalue weighted by Gasteiger charge is -2.15. The Kier molecular flexibility index (Phi) is 5.44. The highest BCUT2D eigenvalue weighted by atomic mass is 14.7. The Labute approximate surface area is 88.6 Å². The average molecular weight is 193 g/mol. The molecule has 14 heavy (non-hydrogen) atoms. The fourth-order valence-electron chi connectivity index (χ4n) is 1.67. The number of hydrogen-bond donors (Lipinski definition) is 0. The molecule has 0 aromatic rings. The molecule has 0 aliphatic rings. The molecule has 0 unspecified atom stereocenters. The number of rotatable bonds is 4. The summed E-state index contributed by atoms with van der Waals surface area (Å²) in [6.45, 7) is 16.7. The van der Waals surface area contributed by atoms with Crippen molar-refractivity contribution in [2.45, 2.75) is 48.0 Å². The highest BCUT2D eigenvalue weighted by Gasteiger charge is 2.09. The van der Waals surface area contributed by atoms with Crippen LogP contribution in [0.4, 0.5) is 0 Å². The molecule has 0 aromatic carbocycles. The Morgan fingerprint density at radius 2 is 1.71 bits per heavy atom. The molecule has 0 bridgehead atoms. The van der Waals surface area contributed by atoms with Crippen LogP contribution in [0.3, 0.4) is 0 Å². The number of hydrogen-bond acceptors (Lipinski definition) is 1. The van der Waals surface area contributed by atoms with Crippen LogP contribution in [-0.4, -0.2) is 5.71 Å². The molecule has 0 atom stereocenters. The molecule has 0 heterocycles. The standard InChI is InChI=1S/C13H23N/c1-8-11(6)13(9(2)3)12(7)14-10(4)5/h9H,6,8H2,1-5,7H3/b13-12-. The summed E-state index contributed by atoms with van der Waals surface area (Å²) in [6, 6.07) is 0. The van der Waals surface area contributed by atoms with Crippen molar-refractivity contribution in [3.8, 4) is 0 Å². The first-order valence-corrected chi connectivity index (χ1v) is 5.30. The van der Waals surface area contributed by atoms with Crippen LogP contribution in [0.1, 0.15) is 48.0 Å². The van der Waals surface area contributed by atoms with Crippen LogP contribution in [0.15, 0.2) is 28.4 Å². The van der Waals surface area contributed by atoms with Crippen LogP contribution >= 0.6 is 0 Å². The second kappa shape index (κ2) is 5.79. The molecule has 0 radical (unpaired) electrons. The van der Waals surface area contributed by atoms with Crippen molar-refractivity contribution in [3.63, 3.8) is 0 Å². The fraction of sp³-hybridized carbons (Fsp3) is 0.615. The number of aliphatic imine (C=N–C) groups is 1. The molecule has 0 fully saturated rings. The van der Waals surface area contributed by atoms with Crippen molar-refractivity contribution in [2.75, 3.05) is 0 Å². The van der Waals surface area contributed by atoms with E-state index in [1.54, 1.807) is 0 Å². The Morgan fingerprint density at radius 1 is 1.21 bits per heavy atom. The van der Waals surface area contributed by atoms with E-state index in [2.05, 4.69) is 39.3 Å². The molecule has 0 aliphatic carbocycles. The minimum absolute atomic E-state index is 0.505. The molecule has 0 rings (SSSR count). The molecule has 1 heteroatoms. The van der Waals surface area contributed by atoms with Gasteiger partial charge in [0.1, 0.15) is 0 Å². The van der Waals surface area contributed by atoms with E-state index in [4.69, 9.17) is 0 Å². The zero-order valence-electron chi connectivity index (χ0n) is 10.4. The molecule has 0 amide bonds. The molecule has 0 aliphatic heterocycles. The third kappa shape index (κ3) is 3.91. The smallest absolute Gasteiger partial charge is 0.0408 e. The molecule has 80 valence electrons. The molecule has 0 saturated carbocycles. The van der Waals surface area contributed by atoms with Crippen LogP contribution < -0.4 is 0 Å². The van der Waals surface area contributed by atoms with Crippen molar-refractivity contribution >= 4 is 5.71 Å². The largest absolute Gasteiger partial charge is 0.263 e. The highest BCUT2D eigenvalue weighted by Crippen LogP contribution is 2.24. The Hall–Kier alpha value is -0.850. The summed E-state index contributed by atoms with van der Waals surface area (Å²) in [5.41, 5.74) is 4.74. The maximum atomic E-state index is 4.50. The normalized spacial score (nSPS) is 12.5. The van der Waals surface area contributed by atoms with Crippen LogP contribution in [0.5, 0.6) is 0 Å². The third-order valence-electron chi connectivity index (χ3n) is 2.17. The lowest BCUT2D eigenvalue weighted by Crippen LogP contribution is -2.00. The summed E-state index contributed by atoms with van der Waals surface area (Å²) in [7, 11) is 0. The Morgan fingerprint density at radius 3 is 2.00 bits per heavy atom. The van der Waals surface area contributed by atoms with E-state index in [1.165, 1.54) is 11.1 Å². The topological polar surface area (TPSA) is 12.4 Å². The van der Waals surface area contributed by atoms with Crippen molar-refractivity contribution in [2.24, 2.45) is 10.9 Å². The predicted octanol–water partition coefficient (Wildman–Crippen LogP) is 4.36. The zero-order chi connectivity index (χ0) is 11.3. The van der Waals surface area contributed by atoms with Gasteiger partial charge in [-0.1, -0.05) is 32.9 Å². The lowest BCUT2D eigenvalue weighted by molar-refractivity contribution is 0.753. The van der Waals surface area contributed by atoms with Gasteiger partial charge in [0.15, 0.2) is 0 Å². The minimum atomic E-state index is 0.505. The first kappa shape index (κ1) is 13.2. The van der Waals surface area contributed by atoms with Crippen LogP contribution in [0.25, 0.3) is 0 Å². The fourth-order valence-corrected chi connectivity index (χ4v) is 1.67. The van der Waals surface area contributed by atoms with Crippen LogP contribution in [0, 0.1) is 5.92 Å². The maximum Gasteiger partial charge on any atom is 0.0408 e. The summed E-state index contributed by atoms with van der Waals surface area (Å²) < 4.78 is 0. The summed E-state index contributed by atoms with van der Waals surface area (Å²) in [5.74, 6) is 0.505. The van der Waals surface area contributed by atoms with E-state index in [0.29, 0.717) is 5.92 Å². The van der Waals surface area contributed by atoms with Gasteiger partial charge in [0, 0.05) is 11.4 Å². The van der Waals surface area contributed by atoms with Crippen molar-refractivity contribution in [1.29, 1.82) is 0 Å². The van der Waals surface area contributed by atoms with Gasteiger partial charge in [0.2, 0.25) is 0 Å². The van der Waals surface area contributed by atoms with Gasteiger partial charge in [-0.25, -0.2) is 0 Å². The first-order valence-electron chi connectivity index (χ1n) is 5.30. The van der Waals surface area contributed by atoms with Gasteiger partial charge in [-0.2, -0.15) is 0 Å². The number of nitrogens with zero attached hydrogens (tertiary/aromatic N) is 1. The van der Waals surface area contributed by atoms with E-state index in [1.807, 2.05) is 13.8 Å². The first-order chi connectivity index (χ1) is 6.40. The number of allylic oxidation sites excluding steroid dienone is 3. The maximum absolute atomic E-state index is 4.50. The van der Waals surface area contributed by atoms with Crippen molar-refractivity contribution in [1.82, 2.24) is 0 Å².